The van der Waals surface area contributed by atoms with Crippen LogP contribution in [0.5, 0.6) is 0 Å². The largest absolute Gasteiger partial charge is 0.480 e. The predicted molar refractivity (Wildman–Crippen MR) is 127 cm³/mol. The highest BCUT2D eigenvalue weighted by atomic mass is 16.4. The number of aliphatic hydroxyl groups is 1. The molecule has 0 aliphatic rings. The van der Waals surface area contributed by atoms with E-state index < -0.39 is 54.0 Å². The summed E-state index contributed by atoms with van der Waals surface area (Å²) in [6.45, 7) is 8.53. The quantitative estimate of drug-likeness (QED) is 0.0722. The lowest BCUT2D eigenvalue weighted by Gasteiger charge is -2.29. The number of carbonyl (C=O) groups excluding carboxylic acids is 3. The van der Waals surface area contributed by atoms with Gasteiger partial charge in [0.25, 0.3) is 0 Å². The average Bonchev–Trinajstić information content (AvgIpc) is 2.75. The van der Waals surface area contributed by atoms with Gasteiger partial charge in [-0.15, -0.1) is 0 Å². The molecule has 196 valence electrons. The van der Waals surface area contributed by atoms with Gasteiger partial charge in [-0.05, 0) is 31.6 Å². The fourth-order valence-electron chi connectivity index (χ4n) is 2.97. The summed E-state index contributed by atoms with van der Waals surface area (Å²) in [5, 5.41) is 26.6. The van der Waals surface area contributed by atoms with Gasteiger partial charge in [0.2, 0.25) is 17.7 Å². The molecule has 0 aromatic carbocycles. The Morgan fingerprint density at radius 1 is 0.912 bits per heavy atom. The maximum atomic E-state index is 13.0. The standard InChI is InChI=1S/C21H41N7O6/c1-6-11(4)16(28-17(30)14(22)12(5)29)19(32)27-15(10(2)3)18(31)26-13(20(33)34)8-7-9-25-21(23)24/h10-16,29H,6-9,22H2,1-5H3,(H,26,31)(H,27,32)(H,28,30)(H,33,34)(H4,23,24,25). The Balaban J connectivity index is 5.42. The predicted octanol–water partition coefficient (Wildman–Crippen LogP) is -2.01. The second-order valence-electron chi connectivity index (χ2n) is 8.72. The van der Waals surface area contributed by atoms with Crippen molar-refractivity contribution in [3.63, 3.8) is 0 Å². The lowest BCUT2D eigenvalue weighted by Crippen LogP contribution is -2.60. The first-order valence-corrected chi connectivity index (χ1v) is 11.4. The topological polar surface area (TPSA) is 235 Å². The van der Waals surface area contributed by atoms with Gasteiger partial charge in [-0.2, -0.15) is 0 Å². The number of aliphatic carboxylic acids is 1. The maximum absolute atomic E-state index is 13.0. The Bertz CT molecular complexity index is 724. The molecule has 6 atom stereocenters. The van der Waals surface area contributed by atoms with E-state index in [9.17, 15) is 29.4 Å². The number of carbonyl (C=O) groups is 4. The minimum Gasteiger partial charge on any atom is -0.480 e. The number of aliphatic hydroxyl groups excluding tert-OH is 1. The smallest absolute Gasteiger partial charge is 0.326 e. The van der Waals surface area contributed by atoms with Crippen LogP contribution in [-0.2, 0) is 19.2 Å². The molecular formula is C21H41N7O6. The van der Waals surface area contributed by atoms with E-state index in [4.69, 9.17) is 17.2 Å². The van der Waals surface area contributed by atoms with E-state index in [0.29, 0.717) is 12.8 Å². The minimum absolute atomic E-state index is 0.0827. The molecule has 0 bridgehead atoms. The summed E-state index contributed by atoms with van der Waals surface area (Å²) in [5.74, 6) is -4.02. The van der Waals surface area contributed by atoms with Gasteiger partial charge in [0.15, 0.2) is 5.96 Å². The van der Waals surface area contributed by atoms with Gasteiger partial charge in [-0.1, -0.05) is 34.1 Å². The molecule has 0 saturated carbocycles. The lowest BCUT2D eigenvalue weighted by molar-refractivity contribution is -0.143. The first kappa shape index (κ1) is 31.1. The third kappa shape index (κ3) is 10.8. The van der Waals surface area contributed by atoms with Crippen LogP contribution in [0.15, 0.2) is 4.99 Å². The summed E-state index contributed by atoms with van der Waals surface area (Å²) in [5.41, 5.74) is 16.1. The number of nitrogens with one attached hydrogen (secondary N) is 3. The summed E-state index contributed by atoms with van der Waals surface area (Å²) >= 11 is 0. The van der Waals surface area contributed by atoms with Crippen LogP contribution >= 0.6 is 0 Å². The van der Waals surface area contributed by atoms with Gasteiger partial charge in [0, 0.05) is 6.54 Å². The van der Waals surface area contributed by atoms with E-state index in [2.05, 4.69) is 20.9 Å². The number of nitrogens with two attached hydrogens (primary N) is 3. The number of hydrogen-bond donors (Lipinski definition) is 8. The molecule has 34 heavy (non-hydrogen) atoms. The third-order valence-corrected chi connectivity index (χ3v) is 5.42. The van der Waals surface area contributed by atoms with Crippen LogP contribution in [0, 0.1) is 11.8 Å². The van der Waals surface area contributed by atoms with E-state index in [1.807, 2.05) is 6.92 Å². The molecule has 0 aromatic rings. The second kappa shape index (κ2) is 15.1. The molecule has 0 fully saturated rings. The number of guanidine groups is 1. The number of amides is 3. The number of rotatable bonds is 15. The zero-order valence-corrected chi connectivity index (χ0v) is 20.6. The molecule has 0 aromatic heterocycles. The average molecular weight is 488 g/mol. The molecule has 0 radical (unpaired) electrons. The van der Waals surface area contributed by atoms with E-state index in [1.54, 1.807) is 20.8 Å². The molecule has 6 unspecified atom stereocenters. The molecule has 0 saturated heterocycles. The van der Waals surface area contributed by atoms with Crippen molar-refractivity contribution in [3.8, 4) is 0 Å². The Kier molecular flexibility index (Phi) is 13.8. The summed E-state index contributed by atoms with van der Waals surface area (Å²) in [4.78, 5) is 53.6. The summed E-state index contributed by atoms with van der Waals surface area (Å²) in [7, 11) is 0. The van der Waals surface area contributed by atoms with Crippen molar-refractivity contribution in [3.05, 3.63) is 0 Å². The van der Waals surface area contributed by atoms with E-state index >= 15 is 0 Å². The van der Waals surface area contributed by atoms with Crippen LogP contribution in [0.25, 0.3) is 0 Å². The molecule has 0 heterocycles. The molecule has 11 N–H and O–H groups in total. The fraction of sp³-hybridized carbons (Fsp3) is 0.762. The van der Waals surface area contributed by atoms with Crippen molar-refractivity contribution in [2.45, 2.75) is 84.2 Å². The molecule has 0 spiro atoms. The number of carboxylic acids is 1. The third-order valence-electron chi connectivity index (χ3n) is 5.42. The van der Waals surface area contributed by atoms with Gasteiger partial charge in [0.05, 0.1) is 6.10 Å². The lowest BCUT2D eigenvalue weighted by atomic mass is 9.96. The van der Waals surface area contributed by atoms with Gasteiger partial charge in [-0.25, -0.2) is 4.79 Å². The van der Waals surface area contributed by atoms with Gasteiger partial charge in [0.1, 0.15) is 24.2 Å². The second-order valence-corrected chi connectivity index (χ2v) is 8.72. The molecule has 0 aliphatic carbocycles. The highest BCUT2D eigenvalue weighted by molar-refractivity contribution is 5.94. The highest BCUT2D eigenvalue weighted by Gasteiger charge is 2.34. The number of carboxylic acid groups (broad SMARTS) is 1. The Morgan fingerprint density at radius 2 is 1.44 bits per heavy atom. The number of aliphatic imine (C=N–C) groups is 1. The number of nitrogens with zero attached hydrogens (tertiary/aromatic N) is 1. The van der Waals surface area contributed by atoms with Crippen LogP contribution < -0.4 is 33.2 Å². The van der Waals surface area contributed by atoms with Gasteiger partial charge >= 0.3 is 5.97 Å². The van der Waals surface area contributed by atoms with Crippen LogP contribution in [0.2, 0.25) is 0 Å². The van der Waals surface area contributed by atoms with E-state index in [0.717, 1.165) is 0 Å². The molecule has 13 heteroatoms. The van der Waals surface area contributed by atoms with Crippen molar-refractivity contribution in [1.29, 1.82) is 0 Å². The van der Waals surface area contributed by atoms with Crippen molar-refractivity contribution in [2.24, 2.45) is 34.0 Å². The molecule has 0 rings (SSSR count). The van der Waals surface area contributed by atoms with Gasteiger partial charge in [-0.3, -0.25) is 19.4 Å². The highest BCUT2D eigenvalue weighted by Crippen LogP contribution is 2.11. The number of hydrogen-bond acceptors (Lipinski definition) is 7. The van der Waals surface area contributed by atoms with Crippen molar-refractivity contribution in [2.75, 3.05) is 6.54 Å². The Hall–Kier alpha value is -2.93. The van der Waals surface area contributed by atoms with Crippen molar-refractivity contribution in [1.82, 2.24) is 16.0 Å². The molecule has 3 amide bonds. The monoisotopic (exact) mass is 487 g/mol. The first-order valence-electron chi connectivity index (χ1n) is 11.4. The normalized spacial score (nSPS) is 16.4. The summed E-state index contributed by atoms with van der Waals surface area (Å²) in [6.07, 6.45) is -0.175. The SMILES string of the molecule is CCC(C)C(NC(=O)C(N)C(C)O)C(=O)NC(C(=O)NC(CCCN=C(N)N)C(=O)O)C(C)C. The molecule has 0 aliphatic heterocycles. The van der Waals surface area contributed by atoms with Crippen molar-refractivity contribution >= 4 is 29.7 Å². The first-order chi connectivity index (χ1) is 15.7. The maximum Gasteiger partial charge on any atom is 0.326 e. The van der Waals surface area contributed by atoms with E-state index in [-0.39, 0.29) is 30.8 Å². The van der Waals surface area contributed by atoms with E-state index in [1.165, 1.54) is 6.92 Å². The summed E-state index contributed by atoms with van der Waals surface area (Å²) < 4.78 is 0. The Morgan fingerprint density at radius 3 is 1.88 bits per heavy atom. The van der Waals surface area contributed by atoms with Crippen LogP contribution in [-0.4, -0.2) is 76.7 Å². The Labute approximate surface area is 200 Å². The zero-order valence-electron chi connectivity index (χ0n) is 20.6. The molecule has 13 nitrogen and oxygen atoms in total. The van der Waals surface area contributed by atoms with Crippen LogP contribution in [0.1, 0.15) is 53.9 Å². The minimum atomic E-state index is -1.23. The summed E-state index contributed by atoms with van der Waals surface area (Å²) in [6, 6.07) is -4.49. The van der Waals surface area contributed by atoms with Crippen LogP contribution in [0.4, 0.5) is 0 Å². The van der Waals surface area contributed by atoms with Crippen LogP contribution in [0.3, 0.4) is 0 Å². The zero-order chi connectivity index (χ0) is 26.6. The van der Waals surface area contributed by atoms with Gasteiger partial charge < -0.3 is 43.4 Å². The van der Waals surface area contributed by atoms with Crippen molar-refractivity contribution < 1.29 is 29.4 Å². The fourth-order valence-corrected chi connectivity index (χ4v) is 2.97. The molecular weight excluding hydrogens is 446 g/mol.